The van der Waals surface area contributed by atoms with Crippen molar-refractivity contribution >= 4 is 0 Å². The second kappa shape index (κ2) is 8.74. The first-order chi connectivity index (χ1) is 13.9. The number of halogens is 1. The van der Waals surface area contributed by atoms with Crippen LogP contribution in [0.4, 0.5) is 4.39 Å². The predicted octanol–water partition coefficient (Wildman–Crippen LogP) is 3.48. The molecule has 1 N–H and O–H groups in total. The highest BCUT2D eigenvalue weighted by atomic mass is 19.1. The molecule has 0 bridgehead atoms. The average Bonchev–Trinajstić information content (AvgIpc) is 2.70. The van der Waals surface area contributed by atoms with Gasteiger partial charge in [0.2, 0.25) is 5.88 Å². The molecule has 0 spiro atoms. The van der Waals surface area contributed by atoms with Crippen LogP contribution in [-0.2, 0) is 18.1 Å². The van der Waals surface area contributed by atoms with Crippen molar-refractivity contribution < 1.29 is 19.1 Å². The Bertz CT molecular complexity index is 1090. The maximum Gasteiger partial charge on any atom is 0.369 e. The molecule has 0 amide bonds. The van der Waals surface area contributed by atoms with Crippen LogP contribution in [-0.4, -0.2) is 14.5 Å². The summed E-state index contributed by atoms with van der Waals surface area (Å²) in [6, 6.07) is 14.4. The quantitative estimate of drug-likeness (QED) is 0.614. The molecule has 1 aromatic heterocycles. The highest BCUT2D eigenvalue weighted by Gasteiger charge is 2.23. The minimum Gasteiger partial charge on any atom is -0.440 e. The normalized spacial score (nSPS) is 11.0. The summed E-state index contributed by atoms with van der Waals surface area (Å²) >= 11 is 0. The number of nitrogens with zero attached hydrogens (tertiary/aromatic N) is 2. The summed E-state index contributed by atoms with van der Waals surface area (Å²) in [5, 5.41) is 9.97. The molecule has 3 aromatic rings. The maximum absolute atomic E-state index is 13.0. The fourth-order valence-corrected chi connectivity index (χ4v) is 2.79. The van der Waals surface area contributed by atoms with E-state index in [0.717, 1.165) is 4.57 Å². The van der Waals surface area contributed by atoms with Crippen LogP contribution in [0.5, 0.6) is 11.6 Å². The number of ether oxygens (including phenoxy) is 2. The molecule has 29 heavy (non-hydrogen) atoms. The summed E-state index contributed by atoms with van der Waals surface area (Å²) in [5.74, 6) is -0.261. The average molecular weight is 400 g/mol. The Hall–Kier alpha value is -3.39. The largest absolute Gasteiger partial charge is 0.440 e. The lowest BCUT2D eigenvalue weighted by Gasteiger charge is -2.19. The van der Waals surface area contributed by atoms with Crippen LogP contribution in [0, 0.1) is 5.82 Å². The molecule has 0 saturated heterocycles. The first kappa shape index (κ1) is 20.3. The Kier molecular flexibility index (Phi) is 6.13. The molecule has 0 aliphatic carbocycles. The van der Waals surface area contributed by atoms with Crippen molar-refractivity contribution in [3.63, 3.8) is 0 Å². The first-order valence-electron chi connectivity index (χ1n) is 9.02. The van der Waals surface area contributed by atoms with Crippen molar-refractivity contribution in [1.29, 1.82) is 0 Å². The van der Waals surface area contributed by atoms with E-state index in [1.54, 1.807) is 56.3 Å². The maximum atomic E-state index is 13.0. The number of aromatic nitrogens is 2. The SMILES string of the molecule is CC(C)c1c(Oc2ccccc2)n(COCc2ccc(F)cc2)c(=O)n(O)c1=O. The Morgan fingerprint density at radius 1 is 1.03 bits per heavy atom. The van der Waals surface area contributed by atoms with Crippen molar-refractivity contribution in [2.24, 2.45) is 0 Å². The molecule has 0 atom stereocenters. The van der Waals surface area contributed by atoms with Crippen LogP contribution in [0.2, 0.25) is 0 Å². The molecule has 0 aliphatic heterocycles. The van der Waals surface area contributed by atoms with Gasteiger partial charge < -0.3 is 14.7 Å². The number of para-hydroxylation sites is 1. The summed E-state index contributed by atoms with van der Waals surface area (Å²) in [7, 11) is 0. The monoisotopic (exact) mass is 400 g/mol. The van der Waals surface area contributed by atoms with Crippen molar-refractivity contribution in [1.82, 2.24) is 9.30 Å². The lowest BCUT2D eigenvalue weighted by molar-refractivity contribution is 0.0467. The standard InChI is InChI=1S/C21H21FN2O5/c1-14(2)18-19(25)24(27)21(26)23(20(18)29-17-6-4-3-5-7-17)13-28-12-15-8-10-16(22)11-9-15/h3-11,14,27H,12-13H2,1-2H3. The molecule has 7 nitrogen and oxygen atoms in total. The van der Waals surface area contributed by atoms with E-state index in [-0.39, 0.29) is 41.2 Å². The second-order valence-corrected chi connectivity index (χ2v) is 6.72. The summed E-state index contributed by atoms with van der Waals surface area (Å²) in [6.45, 7) is 3.32. The van der Waals surface area contributed by atoms with E-state index in [1.165, 1.54) is 12.1 Å². The molecular formula is C21H21FN2O5. The van der Waals surface area contributed by atoms with Crippen LogP contribution in [0.3, 0.4) is 0 Å². The Morgan fingerprint density at radius 3 is 2.31 bits per heavy atom. The topological polar surface area (TPSA) is 82.7 Å². The molecule has 0 aliphatic rings. The van der Waals surface area contributed by atoms with Crippen LogP contribution in [0.1, 0.15) is 30.9 Å². The van der Waals surface area contributed by atoms with Crippen LogP contribution >= 0.6 is 0 Å². The van der Waals surface area contributed by atoms with E-state index < -0.39 is 11.2 Å². The van der Waals surface area contributed by atoms with E-state index in [2.05, 4.69) is 0 Å². The van der Waals surface area contributed by atoms with Crippen molar-refractivity contribution in [3.8, 4) is 11.6 Å². The van der Waals surface area contributed by atoms with Gasteiger partial charge in [0.05, 0.1) is 12.2 Å². The summed E-state index contributed by atoms with van der Waals surface area (Å²) in [5.41, 5.74) is -0.983. The fourth-order valence-electron chi connectivity index (χ4n) is 2.79. The molecule has 8 heteroatoms. The highest BCUT2D eigenvalue weighted by Crippen LogP contribution is 2.27. The Labute approximate surface area is 166 Å². The third kappa shape index (κ3) is 4.55. The number of rotatable bonds is 7. The first-order valence-corrected chi connectivity index (χ1v) is 9.02. The smallest absolute Gasteiger partial charge is 0.369 e. The van der Waals surface area contributed by atoms with Gasteiger partial charge in [0.25, 0.3) is 5.56 Å². The molecule has 2 aromatic carbocycles. The van der Waals surface area contributed by atoms with Crippen LogP contribution < -0.4 is 16.0 Å². The molecule has 1 heterocycles. The number of hydrogen-bond acceptors (Lipinski definition) is 5. The minimum atomic E-state index is -0.982. The van der Waals surface area contributed by atoms with E-state index in [1.807, 2.05) is 0 Å². The summed E-state index contributed by atoms with van der Waals surface area (Å²) < 4.78 is 25.5. The molecule has 3 rings (SSSR count). The number of benzene rings is 2. The van der Waals surface area contributed by atoms with Crippen LogP contribution in [0.15, 0.2) is 64.2 Å². The number of hydrogen-bond donors (Lipinski definition) is 1. The zero-order chi connectivity index (χ0) is 21.0. The molecule has 0 saturated carbocycles. The lowest BCUT2D eigenvalue weighted by atomic mass is 10.1. The Morgan fingerprint density at radius 2 is 1.69 bits per heavy atom. The van der Waals surface area contributed by atoms with Gasteiger partial charge in [-0.15, -0.1) is 0 Å². The Balaban J connectivity index is 1.98. The molecule has 0 unspecified atom stereocenters. The van der Waals surface area contributed by atoms with E-state index in [9.17, 15) is 19.2 Å². The van der Waals surface area contributed by atoms with Gasteiger partial charge in [-0.3, -0.25) is 4.79 Å². The third-order valence-corrected chi connectivity index (χ3v) is 4.25. The van der Waals surface area contributed by atoms with Crippen LogP contribution in [0.25, 0.3) is 0 Å². The van der Waals surface area contributed by atoms with Gasteiger partial charge in [0.15, 0.2) is 0 Å². The van der Waals surface area contributed by atoms with Crippen molar-refractivity contribution in [2.45, 2.75) is 33.1 Å². The van der Waals surface area contributed by atoms with E-state index in [0.29, 0.717) is 11.3 Å². The highest BCUT2D eigenvalue weighted by molar-refractivity contribution is 5.33. The third-order valence-electron chi connectivity index (χ3n) is 4.25. The van der Waals surface area contributed by atoms with Gasteiger partial charge in [0.1, 0.15) is 18.3 Å². The van der Waals surface area contributed by atoms with Gasteiger partial charge in [0, 0.05) is 0 Å². The molecule has 152 valence electrons. The second-order valence-electron chi connectivity index (χ2n) is 6.72. The zero-order valence-corrected chi connectivity index (χ0v) is 16.0. The predicted molar refractivity (Wildman–Crippen MR) is 104 cm³/mol. The van der Waals surface area contributed by atoms with Gasteiger partial charge in [-0.05, 0) is 35.7 Å². The molecule has 0 fully saturated rings. The van der Waals surface area contributed by atoms with Crippen molar-refractivity contribution in [2.75, 3.05) is 0 Å². The van der Waals surface area contributed by atoms with Crippen molar-refractivity contribution in [3.05, 3.63) is 92.4 Å². The van der Waals surface area contributed by atoms with E-state index >= 15 is 0 Å². The summed E-state index contributed by atoms with van der Waals surface area (Å²) in [4.78, 5) is 25.0. The van der Waals surface area contributed by atoms with Gasteiger partial charge >= 0.3 is 5.69 Å². The lowest BCUT2D eigenvalue weighted by Crippen LogP contribution is -2.41. The molecular weight excluding hydrogens is 379 g/mol. The van der Waals surface area contributed by atoms with E-state index in [4.69, 9.17) is 9.47 Å². The van der Waals surface area contributed by atoms with Gasteiger partial charge in [-0.2, -0.15) is 0 Å². The molecule has 0 radical (unpaired) electrons. The fraction of sp³-hybridized carbons (Fsp3) is 0.238. The van der Waals surface area contributed by atoms with Gasteiger partial charge in [-0.1, -0.05) is 48.9 Å². The minimum absolute atomic E-state index is 0.00519. The van der Waals surface area contributed by atoms with Gasteiger partial charge in [-0.25, -0.2) is 13.8 Å². The zero-order valence-electron chi connectivity index (χ0n) is 16.0. The summed E-state index contributed by atoms with van der Waals surface area (Å²) in [6.07, 6.45) is 0.